The lowest BCUT2D eigenvalue weighted by Gasteiger charge is -2.26. The highest BCUT2D eigenvalue weighted by Crippen LogP contribution is 2.36. The molecule has 1 aromatic heterocycles. The van der Waals surface area contributed by atoms with Gasteiger partial charge in [0.2, 0.25) is 0 Å². The first-order chi connectivity index (χ1) is 9.58. The van der Waals surface area contributed by atoms with Crippen LogP contribution in [0.1, 0.15) is 48.7 Å². The van der Waals surface area contributed by atoms with Gasteiger partial charge in [-0.05, 0) is 31.4 Å². The molecule has 1 aliphatic rings. The summed E-state index contributed by atoms with van der Waals surface area (Å²) in [5.74, 6) is -0.149. The number of halogens is 1. The molecule has 0 aromatic carbocycles. The molecule has 1 aliphatic carbocycles. The van der Waals surface area contributed by atoms with Crippen molar-refractivity contribution in [1.82, 2.24) is 10.3 Å². The number of aliphatic hydroxyl groups excluding tert-OH is 1. The number of carbonyl (C=O) groups excluding carboxylic acids is 1. The molecule has 110 valence electrons. The van der Waals surface area contributed by atoms with Crippen molar-refractivity contribution in [3.05, 3.63) is 28.5 Å². The van der Waals surface area contributed by atoms with Gasteiger partial charge in [0.25, 0.3) is 5.91 Å². The Kier molecular flexibility index (Phi) is 5.00. The average Bonchev–Trinajstić information content (AvgIpc) is 2.93. The van der Waals surface area contributed by atoms with Crippen LogP contribution in [0, 0.1) is 5.41 Å². The van der Waals surface area contributed by atoms with Crippen LogP contribution in [0.15, 0.2) is 12.1 Å². The Labute approximate surface area is 124 Å². The van der Waals surface area contributed by atoms with Crippen LogP contribution in [-0.2, 0) is 6.42 Å². The lowest BCUT2D eigenvalue weighted by atomic mass is 9.87. The Bertz CT molecular complexity index is 485. The number of amides is 1. The standard InChI is InChI=1S/C15H21ClN2O2/c1-2-12-7-11(8-13(16)18-12)14(20)17-9-15(10-19)5-3-4-6-15/h7-8,19H,2-6,9-10H2,1H3,(H,17,20). The number of aliphatic hydroxyl groups is 1. The molecule has 4 nitrogen and oxygen atoms in total. The molecule has 1 heterocycles. The van der Waals surface area contributed by atoms with Crippen molar-refractivity contribution in [2.45, 2.75) is 39.0 Å². The molecule has 0 aliphatic heterocycles. The summed E-state index contributed by atoms with van der Waals surface area (Å²) in [5.41, 5.74) is 1.20. The quantitative estimate of drug-likeness (QED) is 0.821. The Morgan fingerprint density at radius 2 is 2.15 bits per heavy atom. The van der Waals surface area contributed by atoms with E-state index in [2.05, 4.69) is 10.3 Å². The number of carbonyl (C=O) groups is 1. The van der Waals surface area contributed by atoms with Gasteiger partial charge in [0.05, 0.1) is 6.61 Å². The van der Waals surface area contributed by atoms with Gasteiger partial charge in [0, 0.05) is 23.2 Å². The number of aryl methyl sites for hydroxylation is 1. The zero-order chi connectivity index (χ0) is 14.6. The molecule has 5 heteroatoms. The predicted octanol–water partition coefficient (Wildman–Crippen LogP) is 2.58. The molecule has 0 bridgehead atoms. The zero-order valence-corrected chi connectivity index (χ0v) is 12.5. The van der Waals surface area contributed by atoms with Crippen LogP contribution >= 0.6 is 11.6 Å². The van der Waals surface area contributed by atoms with Crippen LogP contribution in [0.2, 0.25) is 5.15 Å². The summed E-state index contributed by atoms with van der Waals surface area (Å²) in [5, 5.41) is 12.8. The Morgan fingerprint density at radius 3 is 2.75 bits per heavy atom. The van der Waals surface area contributed by atoms with E-state index in [1.807, 2.05) is 6.92 Å². The van der Waals surface area contributed by atoms with Crippen molar-refractivity contribution in [2.75, 3.05) is 13.2 Å². The van der Waals surface area contributed by atoms with E-state index in [9.17, 15) is 9.90 Å². The number of rotatable bonds is 5. The number of nitrogens with zero attached hydrogens (tertiary/aromatic N) is 1. The molecule has 0 saturated heterocycles. The number of nitrogens with one attached hydrogen (secondary N) is 1. The number of hydrogen-bond donors (Lipinski definition) is 2. The third-order valence-electron chi connectivity index (χ3n) is 4.10. The summed E-state index contributed by atoms with van der Waals surface area (Å²) < 4.78 is 0. The molecule has 1 aromatic rings. The third-order valence-corrected chi connectivity index (χ3v) is 4.29. The second kappa shape index (κ2) is 6.55. The van der Waals surface area contributed by atoms with E-state index in [0.29, 0.717) is 17.3 Å². The van der Waals surface area contributed by atoms with Crippen molar-refractivity contribution < 1.29 is 9.90 Å². The van der Waals surface area contributed by atoms with Gasteiger partial charge in [-0.2, -0.15) is 0 Å². The average molecular weight is 297 g/mol. The van der Waals surface area contributed by atoms with Gasteiger partial charge in [-0.15, -0.1) is 0 Å². The van der Waals surface area contributed by atoms with Crippen LogP contribution < -0.4 is 5.32 Å². The van der Waals surface area contributed by atoms with Crippen LogP contribution in [-0.4, -0.2) is 29.1 Å². The number of pyridine rings is 1. The summed E-state index contributed by atoms with van der Waals surface area (Å²) in [4.78, 5) is 16.3. The van der Waals surface area contributed by atoms with Crippen LogP contribution in [0.3, 0.4) is 0 Å². The van der Waals surface area contributed by atoms with Crippen molar-refractivity contribution in [3.8, 4) is 0 Å². The topological polar surface area (TPSA) is 62.2 Å². The Hall–Kier alpha value is -1.13. The van der Waals surface area contributed by atoms with Gasteiger partial charge in [0.15, 0.2) is 0 Å². The fourth-order valence-corrected chi connectivity index (χ4v) is 2.98. The van der Waals surface area contributed by atoms with E-state index in [1.54, 1.807) is 12.1 Å². The van der Waals surface area contributed by atoms with Gasteiger partial charge in [-0.3, -0.25) is 4.79 Å². The summed E-state index contributed by atoms with van der Waals surface area (Å²) in [7, 11) is 0. The highest BCUT2D eigenvalue weighted by molar-refractivity contribution is 6.29. The van der Waals surface area contributed by atoms with E-state index in [4.69, 9.17) is 11.6 Å². The summed E-state index contributed by atoms with van der Waals surface area (Å²) in [6.45, 7) is 2.62. The highest BCUT2D eigenvalue weighted by Gasteiger charge is 2.33. The summed E-state index contributed by atoms with van der Waals surface area (Å²) >= 11 is 5.92. The molecule has 2 rings (SSSR count). The molecule has 1 amide bonds. The van der Waals surface area contributed by atoms with Crippen LogP contribution in [0.4, 0.5) is 0 Å². The second-order valence-corrected chi connectivity index (χ2v) is 5.96. The van der Waals surface area contributed by atoms with Gasteiger partial charge in [-0.25, -0.2) is 4.98 Å². The first kappa shape index (κ1) is 15.3. The summed E-state index contributed by atoms with van der Waals surface area (Å²) in [6.07, 6.45) is 4.93. The maximum Gasteiger partial charge on any atom is 0.251 e. The van der Waals surface area contributed by atoms with Crippen molar-refractivity contribution in [3.63, 3.8) is 0 Å². The molecule has 2 N–H and O–H groups in total. The molecule has 0 unspecified atom stereocenters. The Balaban J connectivity index is 2.03. The van der Waals surface area contributed by atoms with E-state index in [0.717, 1.165) is 37.8 Å². The van der Waals surface area contributed by atoms with E-state index in [1.165, 1.54) is 0 Å². The second-order valence-electron chi connectivity index (χ2n) is 5.57. The molecular formula is C15H21ClN2O2. The molecule has 1 saturated carbocycles. The minimum Gasteiger partial charge on any atom is -0.396 e. The van der Waals surface area contributed by atoms with Gasteiger partial charge < -0.3 is 10.4 Å². The van der Waals surface area contributed by atoms with Crippen molar-refractivity contribution in [1.29, 1.82) is 0 Å². The number of hydrogen-bond acceptors (Lipinski definition) is 3. The Morgan fingerprint density at radius 1 is 1.45 bits per heavy atom. The van der Waals surface area contributed by atoms with E-state index in [-0.39, 0.29) is 17.9 Å². The van der Waals surface area contributed by atoms with Gasteiger partial charge in [-0.1, -0.05) is 31.4 Å². The smallest absolute Gasteiger partial charge is 0.251 e. The van der Waals surface area contributed by atoms with Gasteiger partial charge >= 0.3 is 0 Å². The van der Waals surface area contributed by atoms with Crippen LogP contribution in [0.5, 0.6) is 0 Å². The fourth-order valence-electron chi connectivity index (χ4n) is 2.75. The van der Waals surface area contributed by atoms with Crippen molar-refractivity contribution in [2.24, 2.45) is 5.41 Å². The largest absolute Gasteiger partial charge is 0.396 e. The molecule has 20 heavy (non-hydrogen) atoms. The van der Waals surface area contributed by atoms with E-state index >= 15 is 0 Å². The monoisotopic (exact) mass is 296 g/mol. The first-order valence-electron chi connectivity index (χ1n) is 7.14. The first-order valence-corrected chi connectivity index (χ1v) is 7.52. The lowest BCUT2D eigenvalue weighted by molar-refractivity contribution is 0.0880. The van der Waals surface area contributed by atoms with Gasteiger partial charge in [0.1, 0.15) is 5.15 Å². The molecule has 0 radical (unpaired) electrons. The zero-order valence-electron chi connectivity index (χ0n) is 11.8. The molecular weight excluding hydrogens is 276 g/mol. The lowest BCUT2D eigenvalue weighted by Crippen LogP contribution is -2.38. The maximum absolute atomic E-state index is 12.2. The van der Waals surface area contributed by atoms with E-state index < -0.39 is 0 Å². The highest BCUT2D eigenvalue weighted by atomic mass is 35.5. The molecule has 0 spiro atoms. The number of aromatic nitrogens is 1. The van der Waals surface area contributed by atoms with Crippen molar-refractivity contribution >= 4 is 17.5 Å². The minimum atomic E-state index is -0.149. The fraction of sp³-hybridized carbons (Fsp3) is 0.600. The van der Waals surface area contributed by atoms with Crippen LogP contribution in [0.25, 0.3) is 0 Å². The molecule has 0 atom stereocenters. The minimum absolute atomic E-state index is 0.130. The predicted molar refractivity (Wildman–Crippen MR) is 78.9 cm³/mol. The maximum atomic E-state index is 12.2. The third kappa shape index (κ3) is 3.49. The normalized spacial score (nSPS) is 17.1. The molecule has 1 fully saturated rings. The SMILES string of the molecule is CCc1cc(C(=O)NCC2(CO)CCCC2)cc(Cl)n1. The summed E-state index contributed by atoms with van der Waals surface area (Å²) in [6, 6.07) is 3.35.